The molecule has 0 heterocycles. The predicted octanol–water partition coefficient (Wildman–Crippen LogP) is 2.20. The topological polar surface area (TPSA) is 57.6 Å². The molecule has 0 saturated heterocycles. The molecule has 0 unspecified atom stereocenters. The van der Waals surface area contributed by atoms with Gasteiger partial charge < -0.3 is 10.0 Å². The Labute approximate surface area is 111 Å². The van der Waals surface area contributed by atoms with Gasteiger partial charge in [-0.05, 0) is 19.9 Å². The van der Waals surface area contributed by atoms with Crippen molar-refractivity contribution in [3.8, 4) is 0 Å². The summed E-state index contributed by atoms with van der Waals surface area (Å²) in [5.74, 6) is -2.04. The van der Waals surface area contributed by atoms with E-state index in [1.165, 1.54) is 11.0 Å². The van der Waals surface area contributed by atoms with E-state index in [9.17, 15) is 14.0 Å². The normalized spacial score (nSPS) is 10.9. The van der Waals surface area contributed by atoms with Crippen molar-refractivity contribution in [1.29, 1.82) is 0 Å². The quantitative estimate of drug-likeness (QED) is 0.830. The van der Waals surface area contributed by atoms with E-state index in [0.29, 0.717) is 5.56 Å². The Balaban J connectivity index is 2.88. The molecule has 1 aromatic rings. The summed E-state index contributed by atoms with van der Waals surface area (Å²) in [6.45, 7) is 3.67. The zero-order valence-electron chi connectivity index (χ0n) is 10.8. The molecule has 5 heteroatoms. The fourth-order valence-corrected chi connectivity index (χ4v) is 1.56. The maximum Gasteiger partial charge on any atom is 0.328 e. The van der Waals surface area contributed by atoms with E-state index >= 15 is 0 Å². The van der Waals surface area contributed by atoms with E-state index in [0.717, 1.165) is 12.2 Å². The summed E-state index contributed by atoms with van der Waals surface area (Å²) in [7, 11) is 0. The molecular weight excluding hydrogens is 249 g/mol. The molecule has 4 nitrogen and oxygen atoms in total. The van der Waals surface area contributed by atoms with Crippen LogP contribution < -0.4 is 0 Å². The fraction of sp³-hybridized carbons (Fsp3) is 0.286. The van der Waals surface area contributed by atoms with Gasteiger partial charge in [0, 0.05) is 30.3 Å². The summed E-state index contributed by atoms with van der Waals surface area (Å²) in [6, 6.07) is 6.02. The van der Waals surface area contributed by atoms with Crippen molar-refractivity contribution >= 4 is 11.9 Å². The number of benzene rings is 1. The first-order valence-corrected chi connectivity index (χ1v) is 5.87. The Morgan fingerprint density at radius 1 is 1.32 bits per heavy atom. The number of rotatable bonds is 5. The SMILES string of the molecule is CC(C)N(Cc1ccccc1F)C(=O)/C=C/C(=O)O. The molecular formula is C14H16FNO3. The van der Waals surface area contributed by atoms with Crippen LogP contribution in [0.1, 0.15) is 19.4 Å². The maximum atomic E-state index is 13.5. The standard InChI is InChI=1S/C14H16FNO3/c1-10(2)16(13(17)7-8-14(18)19)9-11-5-3-4-6-12(11)15/h3-8,10H,9H2,1-2H3,(H,18,19)/b8-7+. The van der Waals surface area contributed by atoms with Gasteiger partial charge in [0.25, 0.3) is 0 Å². The lowest BCUT2D eigenvalue weighted by atomic mass is 10.1. The van der Waals surface area contributed by atoms with Crippen LogP contribution >= 0.6 is 0 Å². The second-order valence-electron chi connectivity index (χ2n) is 4.32. The summed E-state index contributed by atoms with van der Waals surface area (Å²) in [5, 5.41) is 8.50. The summed E-state index contributed by atoms with van der Waals surface area (Å²) in [4.78, 5) is 23.6. The first-order valence-electron chi connectivity index (χ1n) is 5.87. The molecule has 0 aliphatic heterocycles. The molecule has 0 fully saturated rings. The molecule has 1 amide bonds. The molecule has 19 heavy (non-hydrogen) atoms. The molecule has 0 atom stereocenters. The van der Waals surface area contributed by atoms with Crippen LogP contribution in [-0.4, -0.2) is 27.9 Å². The largest absolute Gasteiger partial charge is 0.478 e. The van der Waals surface area contributed by atoms with E-state index in [4.69, 9.17) is 5.11 Å². The Morgan fingerprint density at radius 3 is 2.47 bits per heavy atom. The highest BCUT2D eigenvalue weighted by molar-refractivity contribution is 5.94. The van der Waals surface area contributed by atoms with Gasteiger partial charge in [0.1, 0.15) is 5.82 Å². The third-order valence-corrected chi connectivity index (χ3v) is 2.57. The van der Waals surface area contributed by atoms with Crippen molar-refractivity contribution < 1.29 is 19.1 Å². The first-order chi connectivity index (χ1) is 8.91. The van der Waals surface area contributed by atoms with Gasteiger partial charge in [-0.2, -0.15) is 0 Å². The Hall–Kier alpha value is -2.17. The molecule has 0 radical (unpaired) electrons. The van der Waals surface area contributed by atoms with Crippen molar-refractivity contribution in [3.63, 3.8) is 0 Å². The summed E-state index contributed by atoms with van der Waals surface area (Å²) in [6.07, 6.45) is 1.75. The number of nitrogens with zero attached hydrogens (tertiary/aromatic N) is 1. The molecule has 1 N–H and O–H groups in total. The maximum absolute atomic E-state index is 13.5. The third-order valence-electron chi connectivity index (χ3n) is 2.57. The zero-order valence-corrected chi connectivity index (χ0v) is 10.8. The van der Waals surface area contributed by atoms with Crippen molar-refractivity contribution in [2.75, 3.05) is 0 Å². The predicted molar refractivity (Wildman–Crippen MR) is 68.9 cm³/mol. The van der Waals surface area contributed by atoms with Crippen molar-refractivity contribution in [2.45, 2.75) is 26.4 Å². The lowest BCUT2D eigenvalue weighted by molar-refractivity contribution is -0.132. The fourth-order valence-electron chi connectivity index (χ4n) is 1.56. The highest BCUT2D eigenvalue weighted by atomic mass is 19.1. The molecule has 0 bridgehead atoms. The van der Waals surface area contributed by atoms with Gasteiger partial charge in [-0.1, -0.05) is 18.2 Å². The van der Waals surface area contributed by atoms with Crippen LogP contribution in [0.25, 0.3) is 0 Å². The molecule has 0 saturated carbocycles. The van der Waals surface area contributed by atoms with E-state index in [1.54, 1.807) is 32.0 Å². The number of carboxylic acids is 1. The van der Waals surface area contributed by atoms with E-state index in [2.05, 4.69) is 0 Å². The first kappa shape index (κ1) is 14.9. The molecule has 1 rings (SSSR count). The van der Waals surface area contributed by atoms with Gasteiger partial charge in [-0.15, -0.1) is 0 Å². The highest BCUT2D eigenvalue weighted by Crippen LogP contribution is 2.12. The number of carboxylic acid groups (broad SMARTS) is 1. The number of carbonyl (C=O) groups excluding carboxylic acids is 1. The lowest BCUT2D eigenvalue weighted by Crippen LogP contribution is -2.35. The summed E-state index contributed by atoms with van der Waals surface area (Å²) >= 11 is 0. The average Bonchev–Trinajstić information content (AvgIpc) is 2.34. The van der Waals surface area contributed by atoms with E-state index in [-0.39, 0.29) is 18.4 Å². The Bertz CT molecular complexity index is 497. The average molecular weight is 265 g/mol. The van der Waals surface area contributed by atoms with Gasteiger partial charge in [-0.25, -0.2) is 9.18 Å². The second kappa shape index (κ2) is 6.68. The van der Waals surface area contributed by atoms with Gasteiger partial charge in [0.05, 0.1) is 0 Å². The van der Waals surface area contributed by atoms with Gasteiger partial charge in [0.2, 0.25) is 5.91 Å². The minimum absolute atomic E-state index is 0.104. The minimum Gasteiger partial charge on any atom is -0.478 e. The summed E-state index contributed by atoms with van der Waals surface area (Å²) in [5.41, 5.74) is 0.397. The molecule has 0 aliphatic carbocycles. The van der Waals surface area contributed by atoms with Crippen LogP contribution in [-0.2, 0) is 16.1 Å². The third kappa shape index (κ3) is 4.54. The van der Waals surface area contributed by atoms with Crippen LogP contribution in [0.4, 0.5) is 4.39 Å². The van der Waals surface area contributed by atoms with Crippen LogP contribution in [0.5, 0.6) is 0 Å². The summed E-state index contributed by atoms with van der Waals surface area (Å²) < 4.78 is 13.5. The van der Waals surface area contributed by atoms with E-state index in [1.807, 2.05) is 0 Å². The molecule has 0 spiro atoms. The number of carbonyl (C=O) groups is 2. The van der Waals surface area contributed by atoms with Gasteiger partial charge in [-0.3, -0.25) is 4.79 Å². The van der Waals surface area contributed by atoms with Crippen LogP contribution in [0, 0.1) is 5.82 Å². The van der Waals surface area contributed by atoms with Crippen LogP contribution in [0.3, 0.4) is 0 Å². The minimum atomic E-state index is -1.19. The molecule has 1 aromatic carbocycles. The van der Waals surface area contributed by atoms with Crippen LogP contribution in [0.2, 0.25) is 0 Å². The smallest absolute Gasteiger partial charge is 0.328 e. The number of amides is 1. The lowest BCUT2D eigenvalue weighted by Gasteiger charge is -2.25. The monoisotopic (exact) mass is 265 g/mol. The second-order valence-corrected chi connectivity index (χ2v) is 4.32. The van der Waals surface area contributed by atoms with Crippen molar-refractivity contribution in [2.24, 2.45) is 0 Å². The van der Waals surface area contributed by atoms with Crippen molar-refractivity contribution in [1.82, 2.24) is 4.90 Å². The van der Waals surface area contributed by atoms with E-state index < -0.39 is 11.9 Å². The van der Waals surface area contributed by atoms with Gasteiger partial charge in [0.15, 0.2) is 0 Å². The Kier molecular flexibility index (Phi) is 5.23. The number of halogens is 1. The number of hydrogen-bond donors (Lipinski definition) is 1. The number of aliphatic carboxylic acids is 1. The van der Waals surface area contributed by atoms with Crippen molar-refractivity contribution in [3.05, 3.63) is 47.8 Å². The van der Waals surface area contributed by atoms with Gasteiger partial charge >= 0.3 is 5.97 Å². The highest BCUT2D eigenvalue weighted by Gasteiger charge is 2.16. The zero-order chi connectivity index (χ0) is 14.4. The van der Waals surface area contributed by atoms with Crippen LogP contribution in [0.15, 0.2) is 36.4 Å². The molecule has 102 valence electrons. The number of hydrogen-bond acceptors (Lipinski definition) is 2. The molecule has 0 aliphatic rings. The molecule has 0 aromatic heterocycles. The Morgan fingerprint density at radius 2 is 1.95 bits per heavy atom.